The number of urea groups is 1. The van der Waals surface area contributed by atoms with Gasteiger partial charge < -0.3 is 20.4 Å². The minimum absolute atomic E-state index is 0.0361. The number of alkyl halides is 3. The van der Waals surface area contributed by atoms with Gasteiger partial charge in [-0.25, -0.2) is 4.79 Å². The molecule has 0 radical (unpaired) electrons. The Balaban J connectivity index is 1.70. The maximum atomic E-state index is 13.5. The summed E-state index contributed by atoms with van der Waals surface area (Å²) in [5.41, 5.74) is -0.102. The molecule has 3 rings (SSSR count). The molecule has 1 saturated heterocycles. The van der Waals surface area contributed by atoms with E-state index in [1.165, 1.54) is 12.1 Å². The molecular weight excluding hydrogens is 485 g/mol. The molecule has 2 N–H and O–H groups in total. The number of amides is 4. The van der Waals surface area contributed by atoms with Crippen LogP contribution in [0.3, 0.4) is 0 Å². The van der Waals surface area contributed by atoms with Gasteiger partial charge in [-0.05, 0) is 37.1 Å². The van der Waals surface area contributed by atoms with Crippen molar-refractivity contribution in [1.29, 1.82) is 0 Å². The fourth-order valence-corrected chi connectivity index (χ4v) is 4.37. The Morgan fingerprint density at radius 2 is 1.78 bits per heavy atom. The molecule has 1 aliphatic rings. The van der Waals surface area contributed by atoms with Crippen molar-refractivity contribution >= 4 is 23.5 Å². The van der Waals surface area contributed by atoms with Crippen molar-refractivity contribution in [1.82, 2.24) is 15.1 Å². The van der Waals surface area contributed by atoms with E-state index < -0.39 is 23.8 Å². The molecular formula is C27H33F3N4O3. The van der Waals surface area contributed by atoms with E-state index in [9.17, 15) is 27.6 Å². The summed E-state index contributed by atoms with van der Waals surface area (Å²) in [5, 5.41) is 5.05. The van der Waals surface area contributed by atoms with Crippen LogP contribution in [0.1, 0.15) is 44.2 Å². The van der Waals surface area contributed by atoms with Gasteiger partial charge in [0.15, 0.2) is 0 Å². The van der Waals surface area contributed by atoms with Crippen LogP contribution in [0, 0.1) is 0 Å². The number of carbonyl (C=O) groups excluding carboxylic acids is 3. The Morgan fingerprint density at radius 1 is 1.05 bits per heavy atom. The number of anilines is 1. The van der Waals surface area contributed by atoms with Crippen LogP contribution in [-0.2, 0) is 22.2 Å². The van der Waals surface area contributed by atoms with Crippen molar-refractivity contribution < 1.29 is 27.6 Å². The smallest absolute Gasteiger partial charge is 0.337 e. The van der Waals surface area contributed by atoms with Crippen molar-refractivity contribution in [3.05, 3.63) is 65.7 Å². The molecule has 37 heavy (non-hydrogen) atoms. The minimum atomic E-state index is -4.54. The summed E-state index contributed by atoms with van der Waals surface area (Å²) in [6.45, 7) is 4.99. The van der Waals surface area contributed by atoms with E-state index in [1.54, 1.807) is 9.80 Å². The number of unbranched alkanes of at least 4 members (excludes halogenated alkanes) is 1. The fraction of sp³-hybridized carbons (Fsp3) is 0.444. The van der Waals surface area contributed by atoms with E-state index in [-0.39, 0.29) is 30.0 Å². The van der Waals surface area contributed by atoms with Crippen LogP contribution < -0.4 is 10.6 Å². The highest BCUT2D eigenvalue weighted by Crippen LogP contribution is 2.30. The highest BCUT2D eigenvalue weighted by Gasteiger charge is 2.34. The Kier molecular flexibility index (Phi) is 9.54. The molecule has 200 valence electrons. The maximum Gasteiger partial charge on any atom is 0.416 e. The van der Waals surface area contributed by atoms with Crippen molar-refractivity contribution in [3.8, 4) is 0 Å². The lowest BCUT2D eigenvalue weighted by Crippen LogP contribution is -2.59. The lowest BCUT2D eigenvalue weighted by Gasteiger charge is -2.41. The first-order valence-electron chi connectivity index (χ1n) is 12.5. The molecule has 4 amide bonds. The monoisotopic (exact) mass is 518 g/mol. The summed E-state index contributed by atoms with van der Waals surface area (Å²) >= 11 is 0. The number of hydrogen-bond acceptors (Lipinski definition) is 3. The van der Waals surface area contributed by atoms with E-state index in [0.29, 0.717) is 26.1 Å². The van der Waals surface area contributed by atoms with E-state index in [2.05, 4.69) is 10.6 Å². The van der Waals surface area contributed by atoms with Crippen molar-refractivity contribution in [2.45, 2.75) is 57.8 Å². The fourth-order valence-electron chi connectivity index (χ4n) is 4.37. The first-order valence-corrected chi connectivity index (χ1v) is 12.5. The largest absolute Gasteiger partial charge is 0.416 e. The third kappa shape index (κ3) is 7.96. The number of carbonyl (C=O) groups is 3. The first kappa shape index (κ1) is 28.0. The number of piperazine rings is 1. The number of hydrogen-bond donors (Lipinski definition) is 2. The molecule has 0 bridgehead atoms. The predicted octanol–water partition coefficient (Wildman–Crippen LogP) is 4.69. The Labute approximate surface area is 215 Å². The average molecular weight is 519 g/mol. The predicted molar refractivity (Wildman–Crippen MR) is 135 cm³/mol. The zero-order valence-corrected chi connectivity index (χ0v) is 21.1. The summed E-state index contributed by atoms with van der Waals surface area (Å²) in [4.78, 5) is 42.2. The van der Waals surface area contributed by atoms with E-state index >= 15 is 0 Å². The molecule has 0 aromatic heterocycles. The molecule has 1 fully saturated rings. The quantitative estimate of drug-likeness (QED) is 0.532. The summed E-state index contributed by atoms with van der Waals surface area (Å²) in [7, 11) is 0. The Morgan fingerprint density at radius 3 is 2.43 bits per heavy atom. The van der Waals surface area contributed by atoms with Gasteiger partial charge in [0, 0.05) is 44.2 Å². The van der Waals surface area contributed by atoms with Crippen LogP contribution in [0.5, 0.6) is 0 Å². The molecule has 1 aliphatic heterocycles. The van der Waals surface area contributed by atoms with Gasteiger partial charge in [0.25, 0.3) is 0 Å². The molecule has 0 saturated carbocycles. The summed E-state index contributed by atoms with van der Waals surface area (Å²) < 4.78 is 39.1. The standard InChI is InChI=1S/C27H33F3N4O3/c1-3-4-13-24(35)34-15-14-33(18-19(34)2)25(36)23(16-20-9-6-5-7-10-20)32-26(37)31-22-12-8-11-21(17-22)27(28,29)30/h5-12,17,19,23H,3-4,13-16,18H2,1-2H3,(H2,31,32,37). The number of halogens is 3. The topological polar surface area (TPSA) is 81.8 Å². The van der Waals surface area contributed by atoms with Gasteiger partial charge in [0.2, 0.25) is 11.8 Å². The van der Waals surface area contributed by atoms with Gasteiger partial charge in [0.05, 0.1) is 5.56 Å². The summed E-state index contributed by atoms with van der Waals surface area (Å²) in [5.74, 6) is -0.239. The summed E-state index contributed by atoms with van der Waals surface area (Å²) in [6, 6.07) is 11.6. The number of nitrogens with one attached hydrogen (secondary N) is 2. The highest BCUT2D eigenvalue weighted by atomic mass is 19.4. The van der Waals surface area contributed by atoms with Crippen LogP contribution in [0.2, 0.25) is 0 Å². The molecule has 0 spiro atoms. The van der Waals surface area contributed by atoms with E-state index in [4.69, 9.17) is 0 Å². The highest BCUT2D eigenvalue weighted by molar-refractivity contribution is 5.94. The van der Waals surface area contributed by atoms with Gasteiger partial charge in [0.1, 0.15) is 6.04 Å². The second kappa shape index (κ2) is 12.6. The van der Waals surface area contributed by atoms with Crippen LogP contribution in [0.4, 0.5) is 23.7 Å². The van der Waals surface area contributed by atoms with Crippen molar-refractivity contribution in [2.24, 2.45) is 0 Å². The molecule has 0 aliphatic carbocycles. The second-order valence-electron chi connectivity index (χ2n) is 9.24. The third-order valence-corrected chi connectivity index (χ3v) is 6.34. The molecule has 2 aromatic carbocycles. The van der Waals surface area contributed by atoms with Gasteiger partial charge in [-0.2, -0.15) is 13.2 Å². The maximum absolute atomic E-state index is 13.5. The van der Waals surface area contributed by atoms with Gasteiger partial charge in [-0.15, -0.1) is 0 Å². The number of nitrogens with zero attached hydrogens (tertiary/aromatic N) is 2. The molecule has 7 nitrogen and oxygen atoms in total. The van der Waals surface area contributed by atoms with Gasteiger partial charge >= 0.3 is 12.2 Å². The molecule has 10 heteroatoms. The number of rotatable bonds is 8. The average Bonchev–Trinajstić information content (AvgIpc) is 2.86. The second-order valence-corrected chi connectivity index (χ2v) is 9.24. The van der Waals surface area contributed by atoms with Crippen molar-refractivity contribution in [3.63, 3.8) is 0 Å². The van der Waals surface area contributed by atoms with Gasteiger partial charge in [-0.1, -0.05) is 49.7 Å². The minimum Gasteiger partial charge on any atom is -0.337 e. The van der Waals surface area contributed by atoms with E-state index in [1.807, 2.05) is 44.2 Å². The van der Waals surface area contributed by atoms with Crippen LogP contribution >= 0.6 is 0 Å². The Bertz CT molecular complexity index is 1080. The first-order chi connectivity index (χ1) is 17.6. The molecule has 2 unspecified atom stereocenters. The normalized spacial score (nSPS) is 16.7. The molecule has 2 aromatic rings. The van der Waals surface area contributed by atoms with E-state index in [0.717, 1.165) is 30.5 Å². The van der Waals surface area contributed by atoms with Crippen LogP contribution in [-0.4, -0.2) is 59.4 Å². The SMILES string of the molecule is CCCCC(=O)N1CCN(C(=O)C(Cc2ccccc2)NC(=O)Nc2cccc(C(F)(F)F)c2)CC1C. The lowest BCUT2D eigenvalue weighted by molar-refractivity contribution is -0.143. The molecule has 1 heterocycles. The zero-order valence-electron chi connectivity index (χ0n) is 21.1. The zero-order chi connectivity index (χ0) is 27.0. The number of benzene rings is 2. The Hall–Kier alpha value is -3.56. The lowest BCUT2D eigenvalue weighted by atomic mass is 10.0. The van der Waals surface area contributed by atoms with Crippen molar-refractivity contribution in [2.75, 3.05) is 25.0 Å². The third-order valence-electron chi connectivity index (χ3n) is 6.34. The summed E-state index contributed by atoms with van der Waals surface area (Å²) in [6.07, 6.45) is -2.12. The van der Waals surface area contributed by atoms with Crippen LogP contribution in [0.15, 0.2) is 54.6 Å². The van der Waals surface area contributed by atoms with Crippen LogP contribution in [0.25, 0.3) is 0 Å². The van der Waals surface area contributed by atoms with Gasteiger partial charge in [-0.3, -0.25) is 9.59 Å². The molecule has 2 atom stereocenters.